The topological polar surface area (TPSA) is 55.1 Å². The first kappa shape index (κ1) is 13.1. The van der Waals surface area contributed by atoms with Crippen LogP contribution in [0.15, 0.2) is 24.3 Å². The number of fused-ring (bicyclic) bond motifs is 1. The van der Waals surface area contributed by atoms with Crippen molar-refractivity contribution in [2.45, 2.75) is 51.1 Å². The number of nitrogens with two attached hydrogens (primary N) is 1. The molecule has 0 fully saturated rings. The molecule has 1 aliphatic rings. The molecule has 1 aromatic rings. The summed E-state index contributed by atoms with van der Waals surface area (Å²) in [5, 5.41) is 3.14. The summed E-state index contributed by atoms with van der Waals surface area (Å²) in [7, 11) is 0. The van der Waals surface area contributed by atoms with E-state index in [2.05, 4.69) is 23.5 Å². The summed E-state index contributed by atoms with van der Waals surface area (Å²) in [5.41, 5.74) is 8.34. The van der Waals surface area contributed by atoms with Crippen molar-refractivity contribution in [3.8, 4) is 0 Å². The van der Waals surface area contributed by atoms with Crippen LogP contribution in [0.5, 0.6) is 0 Å². The maximum absolute atomic E-state index is 11.9. The minimum atomic E-state index is 0.0920. The van der Waals surface area contributed by atoms with Crippen LogP contribution in [0, 0.1) is 0 Å². The van der Waals surface area contributed by atoms with Gasteiger partial charge in [-0.15, -0.1) is 0 Å². The molecule has 1 aromatic carbocycles. The van der Waals surface area contributed by atoms with Crippen molar-refractivity contribution in [3.63, 3.8) is 0 Å². The predicted molar refractivity (Wildman–Crippen MR) is 73.1 cm³/mol. The van der Waals surface area contributed by atoms with Crippen LogP contribution in [0.2, 0.25) is 0 Å². The Labute approximate surface area is 109 Å². The van der Waals surface area contributed by atoms with Gasteiger partial charge in [-0.3, -0.25) is 4.79 Å². The first-order valence-electron chi connectivity index (χ1n) is 6.79. The van der Waals surface area contributed by atoms with Crippen molar-refractivity contribution < 1.29 is 4.79 Å². The van der Waals surface area contributed by atoms with E-state index in [1.54, 1.807) is 0 Å². The predicted octanol–water partition coefficient (Wildman–Crippen LogP) is 2.31. The summed E-state index contributed by atoms with van der Waals surface area (Å²) in [6.45, 7) is 1.93. The molecule has 0 spiro atoms. The van der Waals surface area contributed by atoms with Crippen LogP contribution >= 0.6 is 0 Å². The Balaban J connectivity index is 1.96. The molecular formula is C15H22N2O. The zero-order chi connectivity index (χ0) is 13.0. The highest BCUT2D eigenvalue weighted by atomic mass is 16.1. The number of rotatable bonds is 4. The van der Waals surface area contributed by atoms with Crippen LogP contribution in [0.25, 0.3) is 0 Å². The van der Waals surface area contributed by atoms with Gasteiger partial charge in [0.25, 0.3) is 0 Å². The van der Waals surface area contributed by atoms with Gasteiger partial charge in [-0.1, -0.05) is 24.3 Å². The molecule has 0 saturated carbocycles. The van der Waals surface area contributed by atoms with E-state index in [1.807, 2.05) is 13.0 Å². The maximum Gasteiger partial charge on any atom is 0.220 e. The van der Waals surface area contributed by atoms with Crippen LogP contribution in [-0.4, -0.2) is 11.9 Å². The van der Waals surface area contributed by atoms with Crippen molar-refractivity contribution in [3.05, 3.63) is 35.4 Å². The fourth-order valence-electron chi connectivity index (χ4n) is 2.53. The molecule has 3 heteroatoms. The summed E-state index contributed by atoms with van der Waals surface area (Å²) in [6.07, 6.45) is 4.59. The standard InChI is InChI=1S/C15H22N2O/c1-11(16)9-10-15(18)17-14-8-4-6-12-5-2-3-7-13(12)14/h2-3,5,7,11,14H,4,6,8-10,16H2,1H3,(H,17,18). The smallest absolute Gasteiger partial charge is 0.220 e. The van der Waals surface area contributed by atoms with Crippen LogP contribution in [-0.2, 0) is 11.2 Å². The molecule has 1 aliphatic carbocycles. The molecule has 0 aromatic heterocycles. The van der Waals surface area contributed by atoms with Crippen molar-refractivity contribution >= 4 is 5.91 Å². The van der Waals surface area contributed by atoms with Crippen LogP contribution < -0.4 is 11.1 Å². The number of amides is 1. The number of hydrogen-bond acceptors (Lipinski definition) is 2. The molecule has 2 unspecified atom stereocenters. The third-order valence-electron chi connectivity index (χ3n) is 3.53. The second kappa shape index (κ2) is 6.01. The van der Waals surface area contributed by atoms with E-state index in [0.29, 0.717) is 6.42 Å². The molecule has 0 heterocycles. The van der Waals surface area contributed by atoms with Gasteiger partial charge in [0.15, 0.2) is 0 Å². The molecule has 1 amide bonds. The molecule has 0 aliphatic heterocycles. The van der Waals surface area contributed by atoms with E-state index in [9.17, 15) is 4.79 Å². The average molecular weight is 246 g/mol. The first-order chi connectivity index (χ1) is 8.66. The quantitative estimate of drug-likeness (QED) is 0.856. The molecule has 0 radical (unpaired) electrons. The van der Waals surface area contributed by atoms with Gasteiger partial charge >= 0.3 is 0 Å². The highest BCUT2D eigenvalue weighted by molar-refractivity contribution is 5.76. The Morgan fingerprint density at radius 1 is 1.50 bits per heavy atom. The maximum atomic E-state index is 11.9. The number of benzene rings is 1. The van der Waals surface area contributed by atoms with Gasteiger partial charge < -0.3 is 11.1 Å². The Morgan fingerprint density at radius 2 is 2.28 bits per heavy atom. The number of aryl methyl sites for hydroxylation is 1. The van der Waals surface area contributed by atoms with Gasteiger partial charge in [0.05, 0.1) is 6.04 Å². The number of carbonyl (C=O) groups excluding carboxylic acids is 1. The lowest BCUT2D eigenvalue weighted by Crippen LogP contribution is -2.31. The average Bonchev–Trinajstić information content (AvgIpc) is 2.37. The highest BCUT2D eigenvalue weighted by Gasteiger charge is 2.21. The number of hydrogen-bond donors (Lipinski definition) is 2. The molecule has 0 saturated heterocycles. The molecule has 2 atom stereocenters. The van der Waals surface area contributed by atoms with Crippen molar-refractivity contribution in [2.75, 3.05) is 0 Å². The number of nitrogens with one attached hydrogen (secondary N) is 1. The minimum absolute atomic E-state index is 0.0920. The van der Waals surface area contributed by atoms with Crippen molar-refractivity contribution in [1.29, 1.82) is 0 Å². The highest BCUT2D eigenvalue weighted by Crippen LogP contribution is 2.29. The van der Waals surface area contributed by atoms with E-state index >= 15 is 0 Å². The third-order valence-corrected chi connectivity index (χ3v) is 3.53. The second-order valence-electron chi connectivity index (χ2n) is 5.23. The summed E-state index contributed by atoms with van der Waals surface area (Å²) in [4.78, 5) is 11.9. The minimum Gasteiger partial charge on any atom is -0.349 e. The van der Waals surface area contributed by atoms with Gasteiger partial charge in [-0.2, -0.15) is 0 Å². The molecule has 3 N–H and O–H groups in total. The zero-order valence-electron chi connectivity index (χ0n) is 11.0. The van der Waals surface area contributed by atoms with E-state index in [0.717, 1.165) is 25.7 Å². The van der Waals surface area contributed by atoms with Crippen LogP contribution in [0.3, 0.4) is 0 Å². The summed E-state index contributed by atoms with van der Waals surface area (Å²) in [5.74, 6) is 0.119. The fourth-order valence-corrected chi connectivity index (χ4v) is 2.53. The lowest BCUT2D eigenvalue weighted by Gasteiger charge is -2.26. The lowest BCUT2D eigenvalue weighted by molar-refractivity contribution is -0.122. The Bertz CT molecular complexity index is 415. The van der Waals surface area contributed by atoms with Gasteiger partial charge in [-0.05, 0) is 43.7 Å². The van der Waals surface area contributed by atoms with Gasteiger partial charge in [0.1, 0.15) is 0 Å². The van der Waals surface area contributed by atoms with Crippen molar-refractivity contribution in [2.24, 2.45) is 5.73 Å². The third kappa shape index (κ3) is 3.33. The molecule has 0 bridgehead atoms. The summed E-state index contributed by atoms with van der Waals surface area (Å²) < 4.78 is 0. The van der Waals surface area contributed by atoms with E-state index in [4.69, 9.17) is 5.73 Å². The Morgan fingerprint density at radius 3 is 3.06 bits per heavy atom. The Hall–Kier alpha value is -1.35. The number of carbonyl (C=O) groups is 1. The first-order valence-corrected chi connectivity index (χ1v) is 6.79. The molecular weight excluding hydrogens is 224 g/mol. The van der Waals surface area contributed by atoms with E-state index in [-0.39, 0.29) is 18.0 Å². The molecule has 98 valence electrons. The van der Waals surface area contributed by atoms with Gasteiger partial charge in [-0.25, -0.2) is 0 Å². The second-order valence-corrected chi connectivity index (χ2v) is 5.23. The molecule has 3 nitrogen and oxygen atoms in total. The van der Waals surface area contributed by atoms with Gasteiger partial charge in [0, 0.05) is 12.5 Å². The monoisotopic (exact) mass is 246 g/mol. The van der Waals surface area contributed by atoms with Crippen LogP contribution in [0.1, 0.15) is 49.8 Å². The van der Waals surface area contributed by atoms with E-state index in [1.165, 1.54) is 11.1 Å². The lowest BCUT2D eigenvalue weighted by atomic mass is 9.87. The summed E-state index contributed by atoms with van der Waals surface area (Å²) in [6, 6.07) is 8.69. The SMILES string of the molecule is CC(N)CCC(=O)NC1CCCc2ccccc21. The normalized spacial score (nSPS) is 20.0. The van der Waals surface area contributed by atoms with Crippen molar-refractivity contribution in [1.82, 2.24) is 5.32 Å². The Kier molecular flexibility index (Phi) is 4.37. The van der Waals surface area contributed by atoms with Crippen LogP contribution in [0.4, 0.5) is 0 Å². The molecule has 18 heavy (non-hydrogen) atoms. The van der Waals surface area contributed by atoms with E-state index < -0.39 is 0 Å². The fraction of sp³-hybridized carbons (Fsp3) is 0.533. The summed E-state index contributed by atoms with van der Waals surface area (Å²) >= 11 is 0. The van der Waals surface area contributed by atoms with Gasteiger partial charge in [0.2, 0.25) is 5.91 Å². The largest absolute Gasteiger partial charge is 0.349 e. The molecule has 2 rings (SSSR count). The zero-order valence-corrected chi connectivity index (χ0v) is 11.0.